The third-order valence-electron chi connectivity index (χ3n) is 2.46. The van der Waals surface area contributed by atoms with E-state index < -0.39 is 5.97 Å². The Labute approximate surface area is 113 Å². The Morgan fingerprint density at radius 1 is 1.26 bits per heavy atom. The maximum atomic E-state index is 10.8. The highest BCUT2D eigenvalue weighted by atomic mass is 16.5. The van der Waals surface area contributed by atoms with Gasteiger partial charge in [-0.05, 0) is 12.5 Å². The molecule has 1 rings (SSSR count). The number of methoxy groups -OCH3 is 2. The second kappa shape index (κ2) is 10.2. The fourth-order valence-electron chi connectivity index (χ4n) is 1.44. The SMILES string of the molecule is CCCCCC(=O)O.COC1=CCC(=O)C=C1OC. The highest BCUT2D eigenvalue weighted by Crippen LogP contribution is 2.17. The molecule has 0 aliphatic heterocycles. The molecule has 5 heteroatoms. The monoisotopic (exact) mass is 270 g/mol. The van der Waals surface area contributed by atoms with Gasteiger partial charge in [-0.3, -0.25) is 9.59 Å². The van der Waals surface area contributed by atoms with E-state index in [4.69, 9.17) is 14.6 Å². The molecule has 0 amide bonds. The van der Waals surface area contributed by atoms with Gasteiger partial charge in [0.15, 0.2) is 17.3 Å². The molecule has 0 saturated carbocycles. The Hall–Kier alpha value is -1.78. The van der Waals surface area contributed by atoms with Gasteiger partial charge in [-0.2, -0.15) is 0 Å². The van der Waals surface area contributed by atoms with Crippen LogP contribution in [0.2, 0.25) is 0 Å². The normalized spacial score (nSPS) is 13.7. The first-order valence-corrected chi connectivity index (χ1v) is 6.30. The number of allylic oxidation sites excluding steroid dienone is 2. The van der Waals surface area contributed by atoms with E-state index in [0.717, 1.165) is 19.3 Å². The summed E-state index contributed by atoms with van der Waals surface area (Å²) in [6.45, 7) is 2.06. The fourth-order valence-corrected chi connectivity index (χ4v) is 1.44. The molecule has 0 spiro atoms. The molecule has 0 fully saturated rings. The number of aliphatic carboxylic acids is 1. The van der Waals surface area contributed by atoms with Crippen molar-refractivity contribution in [1.29, 1.82) is 0 Å². The summed E-state index contributed by atoms with van der Waals surface area (Å²) < 4.78 is 9.87. The Kier molecular flexibility index (Phi) is 9.22. The molecule has 0 aromatic rings. The molecule has 1 aliphatic rings. The van der Waals surface area contributed by atoms with Crippen molar-refractivity contribution < 1.29 is 24.2 Å². The van der Waals surface area contributed by atoms with Crippen molar-refractivity contribution in [3.05, 3.63) is 23.7 Å². The predicted octanol–water partition coefficient (Wildman–Crippen LogP) is 2.67. The van der Waals surface area contributed by atoms with Crippen molar-refractivity contribution in [2.75, 3.05) is 14.2 Å². The zero-order valence-corrected chi connectivity index (χ0v) is 11.8. The number of unbranched alkanes of at least 4 members (excludes halogenated alkanes) is 2. The Morgan fingerprint density at radius 3 is 2.37 bits per heavy atom. The molecule has 0 bridgehead atoms. The minimum atomic E-state index is -0.682. The van der Waals surface area contributed by atoms with Gasteiger partial charge in [0.2, 0.25) is 0 Å². The van der Waals surface area contributed by atoms with Crippen LogP contribution in [0.3, 0.4) is 0 Å². The molecule has 108 valence electrons. The van der Waals surface area contributed by atoms with Gasteiger partial charge in [-0.25, -0.2) is 0 Å². The van der Waals surface area contributed by atoms with Crippen molar-refractivity contribution in [2.45, 2.75) is 39.0 Å². The van der Waals surface area contributed by atoms with Crippen LogP contribution in [0.5, 0.6) is 0 Å². The zero-order valence-electron chi connectivity index (χ0n) is 11.8. The molecule has 0 aromatic carbocycles. The summed E-state index contributed by atoms with van der Waals surface area (Å²) in [5, 5.41) is 8.14. The summed E-state index contributed by atoms with van der Waals surface area (Å²) in [6.07, 6.45) is 6.83. The first-order chi connectivity index (χ1) is 9.04. The minimum Gasteiger partial charge on any atom is -0.493 e. The predicted molar refractivity (Wildman–Crippen MR) is 71.6 cm³/mol. The lowest BCUT2D eigenvalue weighted by Crippen LogP contribution is -2.05. The summed E-state index contributed by atoms with van der Waals surface area (Å²) in [5.74, 6) is 0.497. The van der Waals surface area contributed by atoms with Gasteiger partial charge in [0.1, 0.15) is 0 Å². The molecular formula is C14H22O5. The van der Waals surface area contributed by atoms with Crippen LogP contribution < -0.4 is 0 Å². The number of carboxylic acids is 1. The summed E-state index contributed by atoms with van der Waals surface area (Å²) in [6, 6.07) is 0. The second-order valence-electron chi connectivity index (χ2n) is 4.01. The maximum Gasteiger partial charge on any atom is 0.303 e. The third-order valence-corrected chi connectivity index (χ3v) is 2.46. The summed E-state index contributed by atoms with van der Waals surface area (Å²) in [7, 11) is 3.06. The average Bonchev–Trinajstić information content (AvgIpc) is 2.39. The number of carboxylic acid groups (broad SMARTS) is 1. The number of rotatable bonds is 6. The van der Waals surface area contributed by atoms with Gasteiger partial charge in [-0.1, -0.05) is 19.8 Å². The number of carbonyl (C=O) groups excluding carboxylic acids is 1. The first-order valence-electron chi connectivity index (χ1n) is 6.30. The quantitative estimate of drug-likeness (QED) is 0.751. The molecule has 1 aliphatic carbocycles. The Morgan fingerprint density at radius 2 is 1.89 bits per heavy atom. The van der Waals surface area contributed by atoms with Gasteiger partial charge < -0.3 is 14.6 Å². The average molecular weight is 270 g/mol. The summed E-state index contributed by atoms with van der Waals surface area (Å²) in [4.78, 5) is 20.7. The Bertz CT molecular complexity index is 355. The topological polar surface area (TPSA) is 72.8 Å². The van der Waals surface area contributed by atoms with Crippen LogP contribution in [0, 0.1) is 0 Å². The lowest BCUT2D eigenvalue weighted by molar-refractivity contribution is -0.137. The molecular weight excluding hydrogens is 248 g/mol. The molecule has 0 saturated heterocycles. The zero-order chi connectivity index (χ0) is 14.7. The fraction of sp³-hybridized carbons (Fsp3) is 0.571. The van der Waals surface area contributed by atoms with E-state index in [-0.39, 0.29) is 5.78 Å². The van der Waals surface area contributed by atoms with E-state index in [1.54, 1.807) is 13.2 Å². The van der Waals surface area contributed by atoms with E-state index in [2.05, 4.69) is 6.92 Å². The molecule has 19 heavy (non-hydrogen) atoms. The molecule has 0 unspecified atom stereocenters. The maximum absolute atomic E-state index is 10.8. The lowest BCUT2D eigenvalue weighted by Gasteiger charge is -2.12. The number of ether oxygens (including phenoxy) is 2. The molecule has 0 atom stereocenters. The van der Waals surface area contributed by atoms with E-state index in [1.807, 2.05) is 0 Å². The smallest absolute Gasteiger partial charge is 0.303 e. The highest BCUT2D eigenvalue weighted by Gasteiger charge is 2.13. The Balaban J connectivity index is 0.000000362. The third kappa shape index (κ3) is 8.02. The number of carbonyl (C=O) groups is 2. The molecule has 5 nitrogen and oxygen atoms in total. The van der Waals surface area contributed by atoms with E-state index >= 15 is 0 Å². The van der Waals surface area contributed by atoms with E-state index in [1.165, 1.54) is 13.2 Å². The summed E-state index contributed by atoms with van der Waals surface area (Å²) in [5.41, 5.74) is 0. The largest absolute Gasteiger partial charge is 0.493 e. The van der Waals surface area contributed by atoms with Crippen LogP contribution >= 0.6 is 0 Å². The van der Waals surface area contributed by atoms with Gasteiger partial charge >= 0.3 is 5.97 Å². The molecule has 0 radical (unpaired) electrons. The molecule has 0 heterocycles. The number of hydrogen-bond acceptors (Lipinski definition) is 4. The second-order valence-corrected chi connectivity index (χ2v) is 4.01. The van der Waals surface area contributed by atoms with E-state index in [9.17, 15) is 9.59 Å². The standard InChI is InChI=1S/C8H10O3.C6H12O2/c1-10-7-4-3-6(9)5-8(7)11-2;1-2-3-4-5-6(7)8/h4-5H,3H2,1-2H3;2-5H2,1H3,(H,7,8). The number of hydrogen-bond donors (Lipinski definition) is 1. The van der Waals surface area contributed by atoms with Crippen LogP contribution in [0.15, 0.2) is 23.7 Å². The van der Waals surface area contributed by atoms with E-state index in [0.29, 0.717) is 24.4 Å². The van der Waals surface area contributed by atoms with Gasteiger partial charge in [0.05, 0.1) is 14.2 Å². The van der Waals surface area contributed by atoms with Gasteiger partial charge in [0, 0.05) is 18.9 Å². The van der Waals surface area contributed by atoms with Crippen LogP contribution in [0.25, 0.3) is 0 Å². The first kappa shape index (κ1) is 17.2. The van der Waals surface area contributed by atoms with Crippen molar-refractivity contribution in [3.8, 4) is 0 Å². The van der Waals surface area contributed by atoms with Crippen molar-refractivity contribution in [1.82, 2.24) is 0 Å². The van der Waals surface area contributed by atoms with Gasteiger partial charge in [-0.15, -0.1) is 0 Å². The van der Waals surface area contributed by atoms with Crippen LogP contribution in [-0.2, 0) is 19.1 Å². The van der Waals surface area contributed by atoms with Crippen molar-refractivity contribution in [3.63, 3.8) is 0 Å². The summed E-state index contributed by atoms with van der Waals surface area (Å²) >= 11 is 0. The lowest BCUT2D eigenvalue weighted by atomic mass is 10.1. The van der Waals surface area contributed by atoms with Crippen LogP contribution in [0.1, 0.15) is 39.0 Å². The van der Waals surface area contributed by atoms with Crippen LogP contribution in [-0.4, -0.2) is 31.1 Å². The molecule has 1 N–H and O–H groups in total. The number of ketones is 1. The molecule has 0 aromatic heterocycles. The minimum absolute atomic E-state index is 0.0441. The van der Waals surface area contributed by atoms with Crippen molar-refractivity contribution in [2.24, 2.45) is 0 Å². The van der Waals surface area contributed by atoms with Crippen LogP contribution in [0.4, 0.5) is 0 Å². The van der Waals surface area contributed by atoms with Crippen molar-refractivity contribution >= 4 is 11.8 Å². The van der Waals surface area contributed by atoms with Gasteiger partial charge in [0.25, 0.3) is 0 Å². The highest BCUT2D eigenvalue weighted by molar-refractivity contribution is 5.93.